The number of carboxylic acid groups (broad SMARTS) is 1. The summed E-state index contributed by atoms with van der Waals surface area (Å²) in [6, 6.07) is -2.07. The van der Waals surface area contributed by atoms with Crippen molar-refractivity contribution in [2.24, 2.45) is 11.3 Å². The second-order valence-corrected chi connectivity index (χ2v) is 10.9. The third kappa shape index (κ3) is 14.4. The molecule has 0 heterocycles. The van der Waals surface area contributed by atoms with Gasteiger partial charge in [-0.3, -0.25) is 14.4 Å². The molecule has 2 atom stereocenters. The van der Waals surface area contributed by atoms with Crippen molar-refractivity contribution in [3.63, 3.8) is 0 Å². The van der Waals surface area contributed by atoms with Crippen LogP contribution in [0.15, 0.2) is 0 Å². The average Bonchev–Trinajstić information content (AvgIpc) is 2.74. The van der Waals surface area contributed by atoms with Crippen LogP contribution in [0.5, 0.6) is 0 Å². The summed E-state index contributed by atoms with van der Waals surface area (Å²) in [5, 5.41) is 14.5. The number of aliphatic carboxylic acids is 1. The predicted molar refractivity (Wildman–Crippen MR) is 136 cm³/mol. The van der Waals surface area contributed by atoms with Crippen LogP contribution in [0.3, 0.4) is 0 Å². The number of unbranched alkanes of at least 4 members (excludes halogenated alkanes) is 11. The summed E-state index contributed by atoms with van der Waals surface area (Å²) < 4.78 is 0. The molecular formula is C27H50N2O5. The molecule has 0 spiro atoms. The van der Waals surface area contributed by atoms with Crippen molar-refractivity contribution in [1.82, 2.24) is 10.6 Å². The summed E-state index contributed by atoms with van der Waals surface area (Å²) >= 11 is 0. The first kappa shape index (κ1) is 32.1. The fourth-order valence-corrected chi connectivity index (χ4v) is 3.88. The molecule has 0 radical (unpaired) electrons. The molecule has 0 saturated carbocycles. The number of hydrogen-bond donors (Lipinski definition) is 3. The van der Waals surface area contributed by atoms with Crippen molar-refractivity contribution >= 4 is 23.6 Å². The van der Waals surface area contributed by atoms with Gasteiger partial charge in [0.25, 0.3) is 5.91 Å². The molecule has 0 aliphatic heterocycles. The van der Waals surface area contributed by atoms with Gasteiger partial charge in [-0.2, -0.15) is 0 Å². The van der Waals surface area contributed by atoms with E-state index in [9.17, 15) is 24.3 Å². The van der Waals surface area contributed by atoms with Crippen molar-refractivity contribution in [3.05, 3.63) is 0 Å². The van der Waals surface area contributed by atoms with Crippen LogP contribution in [0.4, 0.5) is 0 Å². The van der Waals surface area contributed by atoms with Crippen molar-refractivity contribution in [3.8, 4) is 0 Å². The number of amides is 2. The molecule has 7 heteroatoms. The summed E-state index contributed by atoms with van der Waals surface area (Å²) in [6.07, 6.45) is 14.4. The SMILES string of the molecule is CCCCCCCCCCCCCCC(=O)C(=O)NC(C(=O)N[C@H](C(=O)O)C(C)(C)C)C(C)C. The predicted octanol–water partition coefficient (Wildman–Crippen LogP) is 5.40. The Labute approximate surface area is 207 Å². The van der Waals surface area contributed by atoms with Gasteiger partial charge in [-0.05, 0) is 17.8 Å². The van der Waals surface area contributed by atoms with E-state index in [1.165, 1.54) is 51.4 Å². The lowest BCUT2D eigenvalue weighted by atomic mass is 9.86. The van der Waals surface area contributed by atoms with E-state index < -0.39 is 41.1 Å². The van der Waals surface area contributed by atoms with Crippen LogP contribution in [0.25, 0.3) is 0 Å². The summed E-state index contributed by atoms with van der Waals surface area (Å²) in [6.45, 7) is 10.9. The Bertz CT molecular complexity index is 625. The highest BCUT2D eigenvalue weighted by Crippen LogP contribution is 2.20. The van der Waals surface area contributed by atoms with E-state index in [2.05, 4.69) is 17.6 Å². The van der Waals surface area contributed by atoms with Crippen molar-refractivity contribution in [2.45, 2.75) is 137 Å². The van der Waals surface area contributed by atoms with Gasteiger partial charge < -0.3 is 15.7 Å². The highest BCUT2D eigenvalue weighted by atomic mass is 16.4. The van der Waals surface area contributed by atoms with Crippen LogP contribution in [-0.4, -0.2) is 40.8 Å². The maximum atomic E-state index is 12.7. The molecule has 0 aliphatic carbocycles. The van der Waals surface area contributed by atoms with E-state index in [0.29, 0.717) is 6.42 Å². The average molecular weight is 483 g/mol. The standard InChI is InChI=1S/C27H50N2O5/c1-7-8-9-10-11-12-13-14-15-16-17-18-19-21(30)24(31)28-22(20(2)3)25(32)29-23(26(33)34)27(4,5)6/h20,22-23H,7-19H2,1-6H3,(H,28,31)(H,29,32)(H,33,34)/t22?,23-/m1/s1. The molecule has 0 rings (SSSR count). The maximum absolute atomic E-state index is 12.7. The molecule has 0 fully saturated rings. The summed E-state index contributed by atoms with van der Waals surface area (Å²) in [5.41, 5.74) is -0.697. The quantitative estimate of drug-likeness (QED) is 0.168. The van der Waals surface area contributed by atoms with Crippen molar-refractivity contribution < 1.29 is 24.3 Å². The molecule has 198 valence electrons. The van der Waals surface area contributed by atoms with Gasteiger partial charge in [0.2, 0.25) is 11.7 Å². The van der Waals surface area contributed by atoms with Crippen LogP contribution in [0, 0.1) is 11.3 Å². The smallest absolute Gasteiger partial charge is 0.326 e. The second kappa shape index (κ2) is 17.5. The molecule has 7 nitrogen and oxygen atoms in total. The van der Waals surface area contributed by atoms with Crippen molar-refractivity contribution in [1.29, 1.82) is 0 Å². The topological polar surface area (TPSA) is 113 Å². The fraction of sp³-hybridized carbons (Fsp3) is 0.852. The lowest BCUT2D eigenvalue weighted by Gasteiger charge is -2.30. The molecule has 0 bridgehead atoms. The van der Waals surface area contributed by atoms with E-state index in [4.69, 9.17) is 0 Å². The Kier molecular flexibility index (Phi) is 16.5. The van der Waals surface area contributed by atoms with E-state index in [-0.39, 0.29) is 12.3 Å². The van der Waals surface area contributed by atoms with Crippen LogP contribution in [0.2, 0.25) is 0 Å². The third-order valence-electron chi connectivity index (χ3n) is 6.15. The normalized spacial score (nSPS) is 13.4. The Morgan fingerprint density at radius 1 is 0.735 bits per heavy atom. The number of Topliss-reactive ketones (excluding diaryl/α,β-unsaturated/α-hetero) is 1. The van der Waals surface area contributed by atoms with Crippen LogP contribution in [0.1, 0.15) is 125 Å². The lowest BCUT2D eigenvalue weighted by molar-refractivity contribution is -0.146. The van der Waals surface area contributed by atoms with Crippen LogP contribution < -0.4 is 10.6 Å². The molecule has 3 N–H and O–H groups in total. The van der Waals surface area contributed by atoms with Gasteiger partial charge in [0.15, 0.2) is 0 Å². The van der Waals surface area contributed by atoms with E-state index in [1.807, 2.05) is 0 Å². The van der Waals surface area contributed by atoms with Crippen molar-refractivity contribution in [2.75, 3.05) is 0 Å². The number of rotatable bonds is 19. The fourth-order valence-electron chi connectivity index (χ4n) is 3.88. The number of carbonyl (C=O) groups is 4. The minimum atomic E-state index is -1.14. The maximum Gasteiger partial charge on any atom is 0.326 e. The van der Waals surface area contributed by atoms with Gasteiger partial charge in [0, 0.05) is 6.42 Å². The molecule has 0 aromatic carbocycles. The van der Waals surface area contributed by atoms with Gasteiger partial charge in [0.1, 0.15) is 12.1 Å². The Hall–Kier alpha value is -1.92. The van der Waals surface area contributed by atoms with Gasteiger partial charge in [-0.25, -0.2) is 4.79 Å². The molecule has 0 aromatic rings. The molecule has 2 amide bonds. The van der Waals surface area contributed by atoms with Crippen LogP contribution >= 0.6 is 0 Å². The third-order valence-corrected chi connectivity index (χ3v) is 6.15. The molecule has 34 heavy (non-hydrogen) atoms. The molecule has 1 unspecified atom stereocenters. The molecule has 0 saturated heterocycles. The number of carboxylic acids is 1. The first-order valence-electron chi connectivity index (χ1n) is 13.3. The first-order valence-corrected chi connectivity index (χ1v) is 13.3. The summed E-state index contributed by atoms with van der Waals surface area (Å²) in [7, 11) is 0. The molecular weight excluding hydrogens is 432 g/mol. The largest absolute Gasteiger partial charge is 0.480 e. The Morgan fingerprint density at radius 2 is 1.18 bits per heavy atom. The number of ketones is 1. The highest BCUT2D eigenvalue weighted by Gasteiger charge is 2.36. The lowest BCUT2D eigenvalue weighted by Crippen LogP contribution is -2.57. The van der Waals surface area contributed by atoms with Gasteiger partial charge in [-0.15, -0.1) is 0 Å². The Balaban J connectivity index is 4.28. The monoisotopic (exact) mass is 482 g/mol. The molecule has 0 aliphatic rings. The first-order chi connectivity index (χ1) is 15.9. The minimum Gasteiger partial charge on any atom is -0.480 e. The number of hydrogen-bond acceptors (Lipinski definition) is 4. The molecule has 0 aromatic heterocycles. The van der Waals surface area contributed by atoms with Crippen LogP contribution in [-0.2, 0) is 19.2 Å². The van der Waals surface area contributed by atoms with E-state index in [1.54, 1.807) is 34.6 Å². The van der Waals surface area contributed by atoms with Gasteiger partial charge >= 0.3 is 5.97 Å². The highest BCUT2D eigenvalue weighted by molar-refractivity contribution is 6.36. The minimum absolute atomic E-state index is 0.162. The summed E-state index contributed by atoms with van der Waals surface area (Å²) in [5.74, 6) is -3.34. The zero-order valence-corrected chi connectivity index (χ0v) is 22.5. The van der Waals surface area contributed by atoms with E-state index >= 15 is 0 Å². The zero-order valence-electron chi connectivity index (χ0n) is 22.5. The zero-order chi connectivity index (χ0) is 26.1. The van der Waals surface area contributed by atoms with E-state index in [0.717, 1.165) is 19.3 Å². The van der Waals surface area contributed by atoms with Gasteiger partial charge in [0.05, 0.1) is 0 Å². The Morgan fingerprint density at radius 3 is 1.56 bits per heavy atom. The second-order valence-electron chi connectivity index (χ2n) is 10.9. The summed E-state index contributed by atoms with van der Waals surface area (Å²) in [4.78, 5) is 48.8. The number of carbonyl (C=O) groups excluding carboxylic acids is 3. The number of nitrogens with one attached hydrogen (secondary N) is 2. The van der Waals surface area contributed by atoms with Gasteiger partial charge in [-0.1, -0.05) is 112 Å².